The fraction of sp³-hybridized carbons (Fsp3) is 0.450. The second-order valence-corrected chi connectivity index (χ2v) is 7.67. The minimum atomic E-state index is -0.0500. The number of nitriles is 1. The minimum absolute atomic E-state index is 0.0500. The van der Waals surface area contributed by atoms with Gasteiger partial charge in [-0.3, -0.25) is 0 Å². The van der Waals surface area contributed by atoms with E-state index in [0.29, 0.717) is 5.56 Å². The summed E-state index contributed by atoms with van der Waals surface area (Å²) in [5, 5.41) is 9.00. The number of hydrogen-bond acceptors (Lipinski definition) is 5. The number of aromatic nitrogens is 2. The molecule has 0 aliphatic carbocycles. The van der Waals surface area contributed by atoms with E-state index in [2.05, 4.69) is 49.8 Å². The van der Waals surface area contributed by atoms with Crippen LogP contribution in [0.3, 0.4) is 0 Å². The van der Waals surface area contributed by atoms with Crippen molar-refractivity contribution in [3.8, 4) is 17.3 Å². The third-order valence-electron chi connectivity index (χ3n) is 4.58. The van der Waals surface area contributed by atoms with Gasteiger partial charge in [0.05, 0.1) is 23.0 Å². The Balaban J connectivity index is 2.02. The molecule has 0 bridgehead atoms. The van der Waals surface area contributed by atoms with Gasteiger partial charge in [0.15, 0.2) is 0 Å². The van der Waals surface area contributed by atoms with Gasteiger partial charge in [-0.05, 0) is 25.2 Å². The number of benzene rings is 1. The Morgan fingerprint density at radius 1 is 1.00 bits per heavy atom. The molecule has 0 radical (unpaired) electrons. The van der Waals surface area contributed by atoms with Crippen molar-refractivity contribution in [1.82, 2.24) is 14.9 Å². The first-order chi connectivity index (χ1) is 11.9. The Bertz CT molecular complexity index is 775. The van der Waals surface area contributed by atoms with Crippen LogP contribution in [0.2, 0.25) is 0 Å². The Labute approximate surface area is 149 Å². The van der Waals surface area contributed by atoms with E-state index in [1.54, 1.807) is 0 Å². The number of anilines is 1. The van der Waals surface area contributed by atoms with Gasteiger partial charge in [-0.25, -0.2) is 9.97 Å². The fourth-order valence-electron chi connectivity index (χ4n) is 2.83. The number of hydrogen-bond donors (Lipinski definition) is 0. The first-order valence-electron chi connectivity index (χ1n) is 8.70. The van der Waals surface area contributed by atoms with Gasteiger partial charge in [0.25, 0.3) is 0 Å². The van der Waals surface area contributed by atoms with E-state index in [4.69, 9.17) is 15.2 Å². The van der Waals surface area contributed by atoms with Gasteiger partial charge in [-0.15, -0.1) is 0 Å². The van der Waals surface area contributed by atoms with Gasteiger partial charge >= 0.3 is 0 Å². The van der Waals surface area contributed by atoms with Crippen molar-refractivity contribution < 1.29 is 0 Å². The number of nitrogens with zero attached hydrogens (tertiary/aromatic N) is 5. The van der Waals surface area contributed by atoms with E-state index in [9.17, 15) is 0 Å². The first-order valence-corrected chi connectivity index (χ1v) is 8.70. The largest absolute Gasteiger partial charge is 0.338 e. The lowest BCUT2D eigenvalue weighted by molar-refractivity contribution is 0.311. The van der Waals surface area contributed by atoms with E-state index in [0.717, 1.165) is 49.1 Å². The van der Waals surface area contributed by atoms with Crippen molar-refractivity contribution in [2.75, 3.05) is 38.1 Å². The van der Waals surface area contributed by atoms with Gasteiger partial charge in [0.1, 0.15) is 0 Å². The highest BCUT2D eigenvalue weighted by Gasteiger charge is 2.22. The summed E-state index contributed by atoms with van der Waals surface area (Å²) in [7, 11) is 2.14. The van der Waals surface area contributed by atoms with Crippen LogP contribution in [0.15, 0.2) is 30.3 Å². The lowest BCUT2D eigenvalue weighted by Gasteiger charge is -2.33. The normalized spacial score (nSPS) is 15.9. The molecule has 0 amide bonds. The average Bonchev–Trinajstić information content (AvgIpc) is 2.61. The van der Waals surface area contributed by atoms with Gasteiger partial charge in [0, 0.05) is 37.2 Å². The van der Waals surface area contributed by atoms with Crippen molar-refractivity contribution >= 4 is 5.95 Å². The Kier molecular flexibility index (Phi) is 4.73. The number of piperazine rings is 1. The summed E-state index contributed by atoms with van der Waals surface area (Å²) in [4.78, 5) is 14.3. The standard InChI is InChI=1S/C20H25N5/c1-20(2,3)18-13-17(16-7-5-15(14-21)6-8-16)22-19(23-18)25-11-9-24(4)10-12-25/h5-8,13H,9-12H2,1-4H3. The maximum absolute atomic E-state index is 9.00. The van der Waals surface area contributed by atoms with E-state index in [-0.39, 0.29) is 5.41 Å². The van der Waals surface area contributed by atoms with Crippen LogP contribution in [0.5, 0.6) is 0 Å². The van der Waals surface area contributed by atoms with Crippen molar-refractivity contribution in [2.24, 2.45) is 0 Å². The molecule has 1 aliphatic rings. The highest BCUT2D eigenvalue weighted by Crippen LogP contribution is 2.28. The smallest absolute Gasteiger partial charge is 0.226 e. The molecule has 5 heteroatoms. The molecular formula is C20H25N5. The zero-order valence-electron chi connectivity index (χ0n) is 15.5. The lowest BCUT2D eigenvalue weighted by Crippen LogP contribution is -2.45. The Morgan fingerprint density at radius 3 is 2.20 bits per heavy atom. The third-order valence-corrected chi connectivity index (χ3v) is 4.58. The van der Waals surface area contributed by atoms with Crippen LogP contribution < -0.4 is 4.90 Å². The zero-order chi connectivity index (χ0) is 18.0. The highest BCUT2D eigenvalue weighted by molar-refractivity contribution is 5.62. The predicted molar refractivity (Wildman–Crippen MR) is 101 cm³/mol. The summed E-state index contributed by atoms with van der Waals surface area (Å²) in [6.45, 7) is 10.4. The second kappa shape index (κ2) is 6.81. The average molecular weight is 335 g/mol. The van der Waals surface area contributed by atoms with Crippen molar-refractivity contribution in [3.63, 3.8) is 0 Å². The molecule has 0 atom stereocenters. The zero-order valence-corrected chi connectivity index (χ0v) is 15.5. The van der Waals surface area contributed by atoms with Gasteiger partial charge < -0.3 is 9.80 Å². The summed E-state index contributed by atoms with van der Waals surface area (Å²) in [6.07, 6.45) is 0. The molecule has 1 saturated heterocycles. The number of likely N-dealkylation sites (N-methyl/N-ethyl adjacent to an activating group) is 1. The maximum Gasteiger partial charge on any atom is 0.226 e. The second-order valence-electron chi connectivity index (χ2n) is 7.67. The molecule has 0 spiro atoms. The molecule has 2 heterocycles. The molecule has 130 valence electrons. The summed E-state index contributed by atoms with van der Waals surface area (Å²) in [6, 6.07) is 11.8. The molecule has 1 fully saturated rings. The van der Waals surface area contributed by atoms with Crippen LogP contribution >= 0.6 is 0 Å². The lowest BCUT2D eigenvalue weighted by atomic mass is 9.91. The summed E-state index contributed by atoms with van der Waals surface area (Å²) < 4.78 is 0. The number of rotatable bonds is 2. The molecule has 1 aromatic heterocycles. The third kappa shape index (κ3) is 3.97. The van der Waals surface area contributed by atoms with E-state index >= 15 is 0 Å². The van der Waals surface area contributed by atoms with Gasteiger partial charge in [-0.1, -0.05) is 32.9 Å². The molecule has 0 unspecified atom stereocenters. The Hall–Kier alpha value is -2.45. The molecule has 1 aliphatic heterocycles. The van der Waals surface area contributed by atoms with Gasteiger partial charge in [0.2, 0.25) is 5.95 Å². The summed E-state index contributed by atoms with van der Waals surface area (Å²) in [5.74, 6) is 0.805. The van der Waals surface area contributed by atoms with Crippen LogP contribution in [-0.4, -0.2) is 48.1 Å². The molecule has 0 N–H and O–H groups in total. The molecule has 0 saturated carbocycles. The maximum atomic E-state index is 9.00. The summed E-state index contributed by atoms with van der Waals surface area (Å²) >= 11 is 0. The van der Waals surface area contributed by atoms with E-state index in [1.807, 2.05) is 24.3 Å². The molecule has 25 heavy (non-hydrogen) atoms. The molecular weight excluding hydrogens is 310 g/mol. The fourth-order valence-corrected chi connectivity index (χ4v) is 2.83. The minimum Gasteiger partial charge on any atom is -0.338 e. The molecule has 1 aromatic carbocycles. The highest BCUT2D eigenvalue weighted by atomic mass is 15.3. The first kappa shape index (κ1) is 17.4. The van der Waals surface area contributed by atoms with Crippen LogP contribution in [0, 0.1) is 11.3 Å². The SMILES string of the molecule is CN1CCN(c2nc(-c3ccc(C#N)cc3)cc(C(C)(C)C)n2)CC1. The van der Waals surface area contributed by atoms with Crippen molar-refractivity contribution in [2.45, 2.75) is 26.2 Å². The van der Waals surface area contributed by atoms with E-state index in [1.165, 1.54) is 0 Å². The molecule has 3 rings (SSSR count). The van der Waals surface area contributed by atoms with Gasteiger partial charge in [-0.2, -0.15) is 5.26 Å². The monoisotopic (exact) mass is 335 g/mol. The van der Waals surface area contributed by atoms with E-state index < -0.39 is 0 Å². The predicted octanol–water partition coefficient (Wildman–Crippen LogP) is 3.06. The van der Waals surface area contributed by atoms with Crippen molar-refractivity contribution in [3.05, 3.63) is 41.6 Å². The Morgan fingerprint density at radius 2 is 1.64 bits per heavy atom. The van der Waals surface area contributed by atoms with Crippen LogP contribution in [0.1, 0.15) is 32.0 Å². The van der Waals surface area contributed by atoms with Crippen LogP contribution in [0.4, 0.5) is 5.95 Å². The quantitative estimate of drug-likeness (QED) is 0.844. The van der Waals surface area contributed by atoms with Crippen molar-refractivity contribution in [1.29, 1.82) is 5.26 Å². The molecule has 5 nitrogen and oxygen atoms in total. The topological polar surface area (TPSA) is 56.0 Å². The molecule has 2 aromatic rings. The van der Waals surface area contributed by atoms with Crippen LogP contribution in [0.25, 0.3) is 11.3 Å². The summed E-state index contributed by atoms with van der Waals surface area (Å²) in [5.41, 5.74) is 3.58. The van der Waals surface area contributed by atoms with Crippen LogP contribution in [-0.2, 0) is 5.41 Å².